The zero-order valence-corrected chi connectivity index (χ0v) is 9.44. The Balaban J connectivity index is 2.36. The smallest absolute Gasteiger partial charge is 0.130 e. The van der Waals surface area contributed by atoms with E-state index in [0.717, 1.165) is 25.1 Å². The molecule has 1 aliphatic rings. The Morgan fingerprint density at radius 3 is 2.80 bits per heavy atom. The van der Waals surface area contributed by atoms with E-state index in [9.17, 15) is 4.39 Å². The van der Waals surface area contributed by atoms with E-state index in [1.165, 1.54) is 17.5 Å². The van der Waals surface area contributed by atoms with Gasteiger partial charge in [0.2, 0.25) is 0 Å². The molecule has 0 saturated heterocycles. The topological polar surface area (TPSA) is 12.0 Å². The maximum atomic E-state index is 13.8. The average molecular weight is 207 g/mol. The van der Waals surface area contributed by atoms with Crippen LogP contribution in [0.5, 0.6) is 0 Å². The molecule has 0 aliphatic carbocycles. The van der Waals surface area contributed by atoms with E-state index in [1.54, 1.807) is 13.8 Å². The molecule has 0 saturated carbocycles. The van der Waals surface area contributed by atoms with Gasteiger partial charge >= 0.3 is 0 Å². The normalized spacial score (nSPS) is 17.0. The molecule has 1 heterocycles. The molecule has 0 aromatic heterocycles. The van der Waals surface area contributed by atoms with E-state index in [2.05, 4.69) is 11.4 Å². The van der Waals surface area contributed by atoms with Crippen molar-refractivity contribution in [2.45, 2.75) is 38.9 Å². The summed E-state index contributed by atoms with van der Waals surface area (Å²) >= 11 is 0. The van der Waals surface area contributed by atoms with Crippen molar-refractivity contribution >= 4 is 0 Å². The van der Waals surface area contributed by atoms with Gasteiger partial charge in [0.1, 0.15) is 5.67 Å². The quantitative estimate of drug-likeness (QED) is 0.746. The molecule has 82 valence electrons. The summed E-state index contributed by atoms with van der Waals surface area (Å²) in [6.07, 6.45) is 2.28. The first-order chi connectivity index (χ1) is 7.07. The number of benzene rings is 1. The lowest BCUT2D eigenvalue weighted by Crippen LogP contribution is -2.14. The number of nitrogens with one attached hydrogen (secondary N) is 1. The van der Waals surface area contributed by atoms with E-state index in [4.69, 9.17) is 0 Å². The summed E-state index contributed by atoms with van der Waals surface area (Å²) in [5.41, 5.74) is 2.18. The van der Waals surface area contributed by atoms with Gasteiger partial charge in [-0.25, -0.2) is 4.39 Å². The number of hydrogen-bond donors (Lipinski definition) is 1. The highest BCUT2D eigenvalue weighted by Crippen LogP contribution is 2.27. The molecule has 1 aromatic rings. The number of rotatable bonds is 1. The molecule has 0 amide bonds. The molecular formula is C13H18FN. The highest BCUT2D eigenvalue weighted by molar-refractivity contribution is 5.35. The van der Waals surface area contributed by atoms with Crippen molar-refractivity contribution < 1.29 is 4.39 Å². The molecule has 2 rings (SSSR count). The van der Waals surface area contributed by atoms with Gasteiger partial charge in [-0.3, -0.25) is 0 Å². The van der Waals surface area contributed by atoms with Crippen molar-refractivity contribution in [2.75, 3.05) is 6.54 Å². The third-order valence-electron chi connectivity index (χ3n) is 3.01. The second-order valence-corrected chi connectivity index (χ2v) is 4.74. The third kappa shape index (κ3) is 2.37. The fraction of sp³-hybridized carbons (Fsp3) is 0.538. The molecule has 1 aliphatic heterocycles. The second kappa shape index (κ2) is 3.93. The lowest BCUT2D eigenvalue weighted by atomic mass is 9.94. The molecular weight excluding hydrogens is 189 g/mol. The number of fused-ring (bicyclic) bond motifs is 1. The Bertz CT molecular complexity index is 352. The monoisotopic (exact) mass is 207 g/mol. The van der Waals surface area contributed by atoms with Crippen LogP contribution in [0, 0.1) is 0 Å². The fourth-order valence-electron chi connectivity index (χ4n) is 2.03. The van der Waals surface area contributed by atoms with Gasteiger partial charge in [-0.05, 0) is 49.9 Å². The fourth-order valence-corrected chi connectivity index (χ4v) is 2.03. The number of aryl methyl sites for hydroxylation is 1. The minimum atomic E-state index is -1.23. The molecule has 2 heteroatoms. The van der Waals surface area contributed by atoms with Crippen LogP contribution < -0.4 is 5.32 Å². The van der Waals surface area contributed by atoms with Crippen LogP contribution in [0.25, 0.3) is 0 Å². The Morgan fingerprint density at radius 1 is 1.27 bits per heavy atom. The van der Waals surface area contributed by atoms with Crippen LogP contribution in [-0.4, -0.2) is 6.54 Å². The zero-order valence-electron chi connectivity index (χ0n) is 9.44. The highest BCUT2D eigenvalue weighted by Gasteiger charge is 2.20. The van der Waals surface area contributed by atoms with Crippen molar-refractivity contribution in [1.29, 1.82) is 0 Å². The summed E-state index contributed by atoms with van der Waals surface area (Å²) in [5, 5.41) is 3.36. The Labute approximate surface area is 90.7 Å². The van der Waals surface area contributed by atoms with Crippen LogP contribution in [0.15, 0.2) is 18.2 Å². The SMILES string of the molecule is CC(C)(F)c1ccc2c(c1)CNCCC2. The van der Waals surface area contributed by atoms with Gasteiger partial charge in [-0.1, -0.05) is 18.2 Å². The van der Waals surface area contributed by atoms with Crippen molar-refractivity contribution in [2.24, 2.45) is 0 Å². The standard InChI is InChI=1S/C13H18FN/c1-13(2,14)12-6-5-10-4-3-7-15-9-11(10)8-12/h5-6,8,15H,3-4,7,9H2,1-2H3. The van der Waals surface area contributed by atoms with Gasteiger partial charge < -0.3 is 5.32 Å². The number of alkyl halides is 1. The van der Waals surface area contributed by atoms with Gasteiger partial charge in [0.05, 0.1) is 0 Å². The predicted molar refractivity (Wildman–Crippen MR) is 60.6 cm³/mol. The molecule has 0 radical (unpaired) electrons. The van der Waals surface area contributed by atoms with Gasteiger partial charge in [0.15, 0.2) is 0 Å². The van der Waals surface area contributed by atoms with E-state index in [0.29, 0.717) is 0 Å². The van der Waals surface area contributed by atoms with E-state index >= 15 is 0 Å². The lowest BCUT2D eigenvalue weighted by molar-refractivity contribution is 0.221. The molecule has 0 spiro atoms. The molecule has 0 fully saturated rings. The number of hydrogen-bond acceptors (Lipinski definition) is 1. The minimum Gasteiger partial charge on any atom is -0.313 e. The highest BCUT2D eigenvalue weighted by atomic mass is 19.1. The van der Waals surface area contributed by atoms with Crippen LogP contribution in [0.2, 0.25) is 0 Å². The molecule has 0 bridgehead atoms. The van der Waals surface area contributed by atoms with E-state index in [1.807, 2.05) is 12.1 Å². The van der Waals surface area contributed by atoms with Gasteiger partial charge in [0.25, 0.3) is 0 Å². The van der Waals surface area contributed by atoms with Crippen LogP contribution in [0.3, 0.4) is 0 Å². The van der Waals surface area contributed by atoms with Crippen molar-refractivity contribution in [3.05, 3.63) is 34.9 Å². The van der Waals surface area contributed by atoms with Crippen LogP contribution >= 0.6 is 0 Å². The minimum absolute atomic E-state index is 0.782. The lowest BCUT2D eigenvalue weighted by Gasteiger charge is -2.17. The first kappa shape index (κ1) is 10.6. The number of halogens is 1. The van der Waals surface area contributed by atoms with Crippen LogP contribution in [0.4, 0.5) is 4.39 Å². The van der Waals surface area contributed by atoms with E-state index in [-0.39, 0.29) is 0 Å². The average Bonchev–Trinajstić information content (AvgIpc) is 2.39. The van der Waals surface area contributed by atoms with Crippen LogP contribution in [-0.2, 0) is 18.6 Å². The summed E-state index contributed by atoms with van der Waals surface area (Å²) in [6, 6.07) is 6.01. The summed E-state index contributed by atoms with van der Waals surface area (Å²) in [6.45, 7) is 5.15. The van der Waals surface area contributed by atoms with E-state index < -0.39 is 5.67 Å². The van der Waals surface area contributed by atoms with Gasteiger partial charge in [0, 0.05) is 6.54 Å². The molecule has 0 atom stereocenters. The Hall–Kier alpha value is -0.890. The molecule has 1 N–H and O–H groups in total. The van der Waals surface area contributed by atoms with Crippen molar-refractivity contribution in [3.8, 4) is 0 Å². The second-order valence-electron chi connectivity index (χ2n) is 4.74. The van der Waals surface area contributed by atoms with Crippen molar-refractivity contribution in [3.63, 3.8) is 0 Å². The molecule has 15 heavy (non-hydrogen) atoms. The summed E-state index contributed by atoms with van der Waals surface area (Å²) in [4.78, 5) is 0. The molecule has 1 aromatic carbocycles. The summed E-state index contributed by atoms with van der Waals surface area (Å²) in [5.74, 6) is 0. The molecule has 1 nitrogen and oxygen atoms in total. The first-order valence-corrected chi connectivity index (χ1v) is 5.59. The Morgan fingerprint density at radius 2 is 2.07 bits per heavy atom. The van der Waals surface area contributed by atoms with Crippen LogP contribution in [0.1, 0.15) is 37.0 Å². The zero-order chi connectivity index (χ0) is 10.9. The summed E-state index contributed by atoms with van der Waals surface area (Å²) < 4.78 is 13.8. The first-order valence-electron chi connectivity index (χ1n) is 5.59. The Kier molecular flexibility index (Phi) is 2.79. The maximum absolute atomic E-state index is 13.8. The molecule has 0 unspecified atom stereocenters. The van der Waals surface area contributed by atoms with Crippen molar-refractivity contribution in [1.82, 2.24) is 5.32 Å². The summed E-state index contributed by atoms with van der Waals surface area (Å²) in [7, 11) is 0. The largest absolute Gasteiger partial charge is 0.313 e. The van der Waals surface area contributed by atoms with Gasteiger partial charge in [-0.15, -0.1) is 0 Å². The van der Waals surface area contributed by atoms with Gasteiger partial charge in [-0.2, -0.15) is 0 Å². The maximum Gasteiger partial charge on any atom is 0.130 e. The predicted octanol–water partition coefficient (Wildman–Crippen LogP) is 2.93. The third-order valence-corrected chi connectivity index (χ3v) is 3.01.